The van der Waals surface area contributed by atoms with Gasteiger partial charge in [0.25, 0.3) is 5.91 Å². The summed E-state index contributed by atoms with van der Waals surface area (Å²) in [5.74, 6) is -4.97. The SMILES string of the molecule is CC(N)CN(C)C(=O)c1cc(F)c(F)c(F)c1. The van der Waals surface area contributed by atoms with Gasteiger partial charge in [-0.3, -0.25) is 4.79 Å². The highest BCUT2D eigenvalue weighted by molar-refractivity contribution is 5.94. The van der Waals surface area contributed by atoms with Crippen molar-refractivity contribution in [1.82, 2.24) is 4.90 Å². The standard InChI is InChI=1S/C11H13F3N2O/c1-6(15)5-16(2)11(17)7-3-8(12)10(14)9(13)4-7/h3-4,6H,5,15H2,1-2H3. The number of nitrogens with zero attached hydrogens (tertiary/aromatic N) is 1. The Bertz CT molecular complexity index is 412. The van der Waals surface area contributed by atoms with Crippen molar-refractivity contribution in [1.29, 1.82) is 0 Å². The molecule has 0 bridgehead atoms. The van der Waals surface area contributed by atoms with E-state index < -0.39 is 23.4 Å². The molecule has 0 aliphatic carbocycles. The van der Waals surface area contributed by atoms with Gasteiger partial charge in [-0.15, -0.1) is 0 Å². The minimum absolute atomic E-state index is 0.236. The molecule has 0 heterocycles. The van der Waals surface area contributed by atoms with Crippen molar-refractivity contribution in [2.24, 2.45) is 5.73 Å². The molecule has 0 radical (unpaired) electrons. The van der Waals surface area contributed by atoms with E-state index in [0.29, 0.717) is 12.1 Å². The summed E-state index contributed by atoms with van der Waals surface area (Å²) in [5.41, 5.74) is 5.25. The quantitative estimate of drug-likeness (QED) is 0.822. The second kappa shape index (κ2) is 5.18. The van der Waals surface area contributed by atoms with Crippen molar-refractivity contribution in [2.45, 2.75) is 13.0 Å². The lowest BCUT2D eigenvalue weighted by Gasteiger charge is -2.19. The fraction of sp³-hybridized carbons (Fsp3) is 0.364. The molecule has 0 saturated carbocycles. The summed E-state index contributed by atoms with van der Waals surface area (Å²) < 4.78 is 38.5. The number of halogens is 3. The van der Waals surface area contributed by atoms with Crippen molar-refractivity contribution in [3.05, 3.63) is 35.1 Å². The van der Waals surface area contributed by atoms with Crippen LogP contribution in [0, 0.1) is 17.5 Å². The number of hydrogen-bond acceptors (Lipinski definition) is 2. The number of carbonyl (C=O) groups is 1. The first-order valence-corrected chi connectivity index (χ1v) is 4.98. The highest BCUT2D eigenvalue weighted by Gasteiger charge is 2.18. The Morgan fingerprint density at radius 2 is 1.82 bits per heavy atom. The summed E-state index contributed by atoms with van der Waals surface area (Å²) in [4.78, 5) is 12.9. The highest BCUT2D eigenvalue weighted by atomic mass is 19.2. The van der Waals surface area contributed by atoms with Gasteiger partial charge in [0.05, 0.1) is 0 Å². The summed E-state index contributed by atoms with van der Waals surface area (Å²) in [5, 5.41) is 0. The maximum Gasteiger partial charge on any atom is 0.253 e. The second-order valence-electron chi connectivity index (χ2n) is 3.92. The Hall–Kier alpha value is -1.56. The van der Waals surface area contributed by atoms with Crippen LogP contribution in [0.15, 0.2) is 12.1 Å². The zero-order valence-corrected chi connectivity index (χ0v) is 9.51. The number of rotatable bonds is 3. The Morgan fingerprint density at radius 3 is 2.24 bits per heavy atom. The molecule has 0 aliphatic rings. The maximum absolute atomic E-state index is 12.9. The van der Waals surface area contributed by atoms with Gasteiger partial charge in [-0.05, 0) is 19.1 Å². The fourth-order valence-corrected chi connectivity index (χ4v) is 1.41. The van der Waals surface area contributed by atoms with E-state index in [2.05, 4.69) is 0 Å². The molecular formula is C11H13F3N2O. The van der Waals surface area contributed by atoms with E-state index in [1.54, 1.807) is 6.92 Å². The summed E-state index contributed by atoms with van der Waals surface area (Å²) in [6.45, 7) is 1.93. The van der Waals surface area contributed by atoms with Gasteiger partial charge in [0.2, 0.25) is 0 Å². The van der Waals surface area contributed by atoms with Gasteiger partial charge < -0.3 is 10.6 Å². The Balaban J connectivity index is 2.97. The van der Waals surface area contributed by atoms with Crippen molar-refractivity contribution in [3.8, 4) is 0 Å². The van der Waals surface area contributed by atoms with Gasteiger partial charge in [0.15, 0.2) is 17.5 Å². The molecule has 1 atom stereocenters. The molecule has 1 aromatic carbocycles. The van der Waals surface area contributed by atoms with Crippen molar-refractivity contribution in [2.75, 3.05) is 13.6 Å². The summed E-state index contributed by atoms with van der Waals surface area (Å²) >= 11 is 0. The Labute approximate surface area is 97.0 Å². The molecule has 1 unspecified atom stereocenters. The molecule has 2 N–H and O–H groups in total. The van der Waals surface area contributed by atoms with Crippen LogP contribution in [0.1, 0.15) is 17.3 Å². The molecule has 1 aromatic rings. The fourth-order valence-electron chi connectivity index (χ4n) is 1.41. The van der Waals surface area contributed by atoms with Gasteiger partial charge in [0.1, 0.15) is 0 Å². The third-order valence-corrected chi connectivity index (χ3v) is 2.14. The zero-order valence-electron chi connectivity index (χ0n) is 9.51. The number of hydrogen-bond donors (Lipinski definition) is 1. The van der Waals surface area contributed by atoms with Crippen LogP contribution in [-0.4, -0.2) is 30.4 Å². The minimum atomic E-state index is -1.59. The molecule has 1 amide bonds. The average molecular weight is 246 g/mol. The van der Waals surface area contributed by atoms with Crippen LogP contribution >= 0.6 is 0 Å². The molecular weight excluding hydrogens is 233 g/mol. The first-order chi connectivity index (χ1) is 7.82. The van der Waals surface area contributed by atoms with E-state index in [4.69, 9.17) is 5.73 Å². The lowest BCUT2D eigenvalue weighted by molar-refractivity contribution is 0.0787. The number of nitrogens with two attached hydrogens (primary N) is 1. The van der Waals surface area contributed by atoms with Crippen LogP contribution < -0.4 is 5.73 Å². The van der Waals surface area contributed by atoms with Crippen LogP contribution in [0.4, 0.5) is 13.2 Å². The molecule has 0 aliphatic heterocycles. The van der Waals surface area contributed by atoms with Crippen LogP contribution in [-0.2, 0) is 0 Å². The molecule has 0 spiro atoms. The van der Waals surface area contributed by atoms with E-state index in [0.717, 1.165) is 0 Å². The van der Waals surface area contributed by atoms with Crippen molar-refractivity contribution >= 4 is 5.91 Å². The van der Waals surface area contributed by atoms with E-state index >= 15 is 0 Å². The maximum atomic E-state index is 12.9. The number of benzene rings is 1. The predicted octanol–water partition coefficient (Wildman–Crippen LogP) is 1.52. The molecule has 17 heavy (non-hydrogen) atoms. The van der Waals surface area contributed by atoms with E-state index in [1.807, 2.05) is 0 Å². The first kappa shape index (κ1) is 13.5. The second-order valence-corrected chi connectivity index (χ2v) is 3.92. The summed E-state index contributed by atoms with van der Waals surface area (Å²) in [7, 11) is 1.45. The number of likely N-dealkylation sites (N-methyl/N-ethyl adjacent to an activating group) is 1. The Morgan fingerprint density at radius 1 is 1.35 bits per heavy atom. The molecule has 1 rings (SSSR count). The third-order valence-electron chi connectivity index (χ3n) is 2.14. The van der Waals surface area contributed by atoms with Crippen LogP contribution in [0.5, 0.6) is 0 Å². The van der Waals surface area contributed by atoms with Gasteiger partial charge in [0, 0.05) is 25.2 Å². The lowest BCUT2D eigenvalue weighted by atomic mass is 10.1. The van der Waals surface area contributed by atoms with Crippen molar-refractivity contribution in [3.63, 3.8) is 0 Å². The zero-order chi connectivity index (χ0) is 13.2. The molecule has 0 saturated heterocycles. The summed E-state index contributed by atoms with van der Waals surface area (Å²) in [6, 6.07) is 1.07. The van der Waals surface area contributed by atoms with E-state index in [-0.39, 0.29) is 18.2 Å². The number of carbonyl (C=O) groups excluding carboxylic acids is 1. The molecule has 0 fully saturated rings. The van der Waals surface area contributed by atoms with Crippen LogP contribution in [0.2, 0.25) is 0 Å². The van der Waals surface area contributed by atoms with Gasteiger partial charge in [-0.1, -0.05) is 0 Å². The van der Waals surface area contributed by atoms with E-state index in [9.17, 15) is 18.0 Å². The minimum Gasteiger partial charge on any atom is -0.340 e. The van der Waals surface area contributed by atoms with Crippen LogP contribution in [0.3, 0.4) is 0 Å². The van der Waals surface area contributed by atoms with Crippen molar-refractivity contribution < 1.29 is 18.0 Å². The van der Waals surface area contributed by atoms with Gasteiger partial charge in [-0.2, -0.15) is 0 Å². The lowest BCUT2D eigenvalue weighted by Crippen LogP contribution is -2.37. The Kier molecular flexibility index (Phi) is 4.11. The normalized spacial score (nSPS) is 12.4. The van der Waals surface area contributed by atoms with E-state index in [1.165, 1.54) is 11.9 Å². The predicted molar refractivity (Wildman–Crippen MR) is 56.9 cm³/mol. The smallest absolute Gasteiger partial charge is 0.253 e. The first-order valence-electron chi connectivity index (χ1n) is 4.98. The molecule has 6 heteroatoms. The largest absolute Gasteiger partial charge is 0.340 e. The number of amides is 1. The topological polar surface area (TPSA) is 46.3 Å². The summed E-state index contributed by atoms with van der Waals surface area (Å²) in [6.07, 6.45) is 0. The monoisotopic (exact) mass is 246 g/mol. The molecule has 3 nitrogen and oxygen atoms in total. The molecule has 94 valence electrons. The third kappa shape index (κ3) is 3.20. The van der Waals surface area contributed by atoms with Crippen LogP contribution in [0.25, 0.3) is 0 Å². The van der Waals surface area contributed by atoms with Gasteiger partial charge >= 0.3 is 0 Å². The van der Waals surface area contributed by atoms with Gasteiger partial charge in [-0.25, -0.2) is 13.2 Å². The molecule has 0 aromatic heterocycles. The average Bonchev–Trinajstić information content (AvgIpc) is 2.23. The highest BCUT2D eigenvalue weighted by Crippen LogP contribution is 2.14.